The predicted molar refractivity (Wildman–Crippen MR) is 95.3 cm³/mol. The number of benzene rings is 1. The summed E-state index contributed by atoms with van der Waals surface area (Å²) in [6, 6.07) is 5.14. The molecular formula is C19H28FN3O2. The number of carbonyl (C=O) groups is 1. The summed E-state index contributed by atoms with van der Waals surface area (Å²) in [7, 11) is 0. The minimum absolute atomic E-state index is 0.150. The lowest BCUT2D eigenvalue weighted by Gasteiger charge is -2.49. The molecule has 6 heteroatoms. The molecule has 0 radical (unpaired) electrons. The molecule has 5 nitrogen and oxygen atoms in total. The zero-order valence-corrected chi connectivity index (χ0v) is 14.9. The van der Waals surface area contributed by atoms with Crippen LogP contribution in [0.15, 0.2) is 18.2 Å². The summed E-state index contributed by atoms with van der Waals surface area (Å²) < 4.78 is 19.3. The predicted octanol–water partition coefficient (Wildman–Crippen LogP) is 2.25. The molecule has 2 fully saturated rings. The van der Waals surface area contributed by atoms with Crippen LogP contribution in [0.4, 0.5) is 4.39 Å². The molecule has 2 heterocycles. The van der Waals surface area contributed by atoms with Gasteiger partial charge in [0.2, 0.25) is 0 Å². The third kappa shape index (κ3) is 4.12. The third-order valence-electron chi connectivity index (χ3n) is 5.25. The second-order valence-electron chi connectivity index (χ2n) is 7.08. The lowest BCUT2D eigenvalue weighted by Crippen LogP contribution is -2.63. The summed E-state index contributed by atoms with van der Waals surface area (Å²) in [6.45, 7) is 5.74. The van der Waals surface area contributed by atoms with Crippen molar-refractivity contribution in [2.24, 2.45) is 5.73 Å². The molecular weight excluding hydrogens is 321 g/mol. The van der Waals surface area contributed by atoms with Gasteiger partial charge in [-0.05, 0) is 57.5 Å². The van der Waals surface area contributed by atoms with Crippen molar-refractivity contribution in [2.75, 3.05) is 32.8 Å². The van der Waals surface area contributed by atoms with Crippen LogP contribution in [0.5, 0.6) is 5.75 Å². The van der Waals surface area contributed by atoms with Crippen molar-refractivity contribution in [1.82, 2.24) is 9.80 Å². The van der Waals surface area contributed by atoms with Crippen molar-refractivity contribution in [3.63, 3.8) is 0 Å². The molecule has 25 heavy (non-hydrogen) atoms. The number of piperidine rings is 1. The zero-order chi connectivity index (χ0) is 17.8. The van der Waals surface area contributed by atoms with Gasteiger partial charge in [0.15, 0.2) is 0 Å². The van der Waals surface area contributed by atoms with Gasteiger partial charge in [-0.15, -0.1) is 0 Å². The molecule has 0 aliphatic carbocycles. The first kappa shape index (κ1) is 18.1. The molecule has 1 amide bonds. The molecule has 1 atom stereocenters. The molecule has 0 aromatic heterocycles. The van der Waals surface area contributed by atoms with E-state index in [0.29, 0.717) is 56.1 Å². The van der Waals surface area contributed by atoms with Gasteiger partial charge >= 0.3 is 0 Å². The van der Waals surface area contributed by atoms with Gasteiger partial charge < -0.3 is 15.4 Å². The first-order valence-electron chi connectivity index (χ1n) is 9.27. The summed E-state index contributed by atoms with van der Waals surface area (Å²) in [5.74, 6) is -0.131. The second kappa shape index (κ2) is 8.15. The maximum Gasteiger partial charge on any atom is 0.257 e. The third-order valence-corrected chi connectivity index (χ3v) is 5.25. The van der Waals surface area contributed by atoms with Gasteiger partial charge in [0.25, 0.3) is 5.91 Å². The highest BCUT2D eigenvalue weighted by Crippen LogP contribution is 2.28. The molecule has 2 aliphatic heterocycles. The van der Waals surface area contributed by atoms with E-state index in [1.54, 1.807) is 4.90 Å². The highest BCUT2D eigenvalue weighted by molar-refractivity contribution is 5.97. The number of halogens is 1. The largest absolute Gasteiger partial charge is 0.493 e. The molecule has 0 saturated carbocycles. The quantitative estimate of drug-likeness (QED) is 0.801. The van der Waals surface area contributed by atoms with Crippen molar-refractivity contribution < 1.29 is 13.9 Å². The van der Waals surface area contributed by atoms with Crippen molar-refractivity contribution in [1.29, 1.82) is 0 Å². The van der Waals surface area contributed by atoms with Gasteiger partial charge in [0.05, 0.1) is 12.2 Å². The number of likely N-dealkylation sites (tertiary alicyclic amines) is 2. The number of rotatable bonds is 6. The molecule has 138 valence electrons. The monoisotopic (exact) mass is 349 g/mol. The van der Waals surface area contributed by atoms with E-state index in [4.69, 9.17) is 10.5 Å². The van der Waals surface area contributed by atoms with Gasteiger partial charge in [-0.25, -0.2) is 4.39 Å². The van der Waals surface area contributed by atoms with E-state index in [1.165, 1.54) is 37.5 Å². The molecule has 3 rings (SSSR count). The second-order valence-corrected chi connectivity index (χ2v) is 7.08. The summed E-state index contributed by atoms with van der Waals surface area (Å²) in [4.78, 5) is 17.1. The number of nitrogens with two attached hydrogens (primary N) is 1. The summed E-state index contributed by atoms with van der Waals surface area (Å²) >= 11 is 0. The Balaban J connectivity index is 1.62. The van der Waals surface area contributed by atoms with Crippen LogP contribution in [0.3, 0.4) is 0 Å². The summed E-state index contributed by atoms with van der Waals surface area (Å²) in [5, 5.41) is 0. The van der Waals surface area contributed by atoms with Gasteiger partial charge in [-0.2, -0.15) is 0 Å². The molecule has 1 aromatic carbocycles. The lowest BCUT2D eigenvalue weighted by atomic mass is 9.97. The fourth-order valence-corrected chi connectivity index (χ4v) is 3.72. The fraction of sp³-hybridized carbons (Fsp3) is 0.632. The SMILES string of the molecule is CC1CCCCN1C1CN(C(=O)c2cc(F)ccc2OCCCN)C1. The highest BCUT2D eigenvalue weighted by Gasteiger charge is 2.38. The Bertz CT molecular complexity index is 604. The molecule has 1 aromatic rings. The number of ether oxygens (including phenoxy) is 1. The first-order valence-corrected chi connectivity index (χ1v) is 9.27. The topological polar surface area (TPSA) is 58.8 Å². The van der Waals surface area contributed by atoms with Gasteiger partial charge in [0.1, 0.15) is 11.6 Å². The Morgan fingerprint density at radius 3 is 2.88 bits per heavy atom. The van der Waals surface area contributed by atoms with E-state index >= 15 is 0 Å². The number of carbonyl (C=O) groups excluding carboxylic acids is 1. The first-order chi connectivity index (χ1) is 12.1. The van der Waals surface area contributed by atoms with Crippen LogP contribution in [-0.2, 0) is 0 Å². The number of hydrogen-bond donors (Lipinski definition) is 1. The van der Waals surface area contributed by atoms with Gasteiger partial charge in [0, 0.05) is 25.2 Å². The zero-order valence-electron chi connectivity index (χ0n) is 14.9. The number of nitrogens with zero attached hydrogens (tertiary/aromatic N) is 2. The standard InChI is InChI=1S/C19H28FN3O2/c1-14-5-2-3-9-23(14)16-12-22(13-16)19(24)17-11-15(20)6-7-18(17)25-10-4-8-21/h6-7,11,14,16H,2-5,8-10,12-13,21H2,1H3. The fourth-order valence-electron chi connectivity index (χ4n) is 3.72. The Kier molecular flexibility index (Phi) is 5.91. The van der Waals surface area contributed by atoms with Crippen molar-refractivity contribution >= 4 is 5.91 Å². The van der Waals surface area contributed by atoms with Crippen LogP contribution in [0.25, 0.3) is 0 Å². The van der Waals surface area contributed by atoms with E-state index in [2.05, 4.69) is 11.8 Å². The Hall–Kier alpha value is -1.66. The van der Waals surface area contributed by atoms with Gasteiger partial charge in [-0.3, -0.25) is 9.69 Å². The average Bonchev–Trinajstić information content (AvgIpc) is 2.56. The molecule has 2 saturated heterocycles. The van der Waals surface area contributed by atoms with Crippen LogP contribution < -0.4 is 10.5 Å². The van der Waals surface area contributed by atoms with E-state index in [0.717, 1.165) is 6.54 Å². The summed E-state index contributed by atoms with van der Waals surface area (Å²) in [6.07, 6.45) is 4.45. The van der Waals surface area contributed by atoms with Crippen LogP contribution in [-0.4, -0.2) is 60.6 Å². The molecule has 0 bridgehead atoms. The van der Waals surface area contributed by atoms with Gasteiger partial charge in [-0.1, -0.05) is 6.42 Å². The van der Waals surface area contributed by atoms with Crippen molar-refractivity contribution in [3.8, 4) is 5.75 Å². The Morgan fingerprint density at radius 1 is 1.36 bits per heavy atom. The van der Waals surface area contributed by atoms with Crippen molar-refractivity contribution in [3.05, 3.63) is 29.6 Å². The Labute approximate surface area is 148 Å². The lowest BCUT2D eigenvalue weighted by molar-refractivity contribution is 0.00192. The molecule has 1 unspecified atom stereocenters. The van der Waals surface area contributed by atoms with Crippen LogP contribution in [0.1, 0.15) is 43.0 Å². The molecule has 0 spiro atoms. The maximum absolute atomic E-state index is 13.6. The van der Waals surface area contributed by atoms with E-state index in [-0.39, 0.29) is 5.91 Å². The van der Waals surface area contributed by atoms with Crippen LogP contribution in [0, 0.1) is 5.82 Å². The normalized spacial score (nSPS) is 21.9. The van der Waals surface area contributed by atoms with E-state index < -0.39 is 5.82 Å². The molecule has 2 N–H and O–H groups in total. The van der Waals surface area contributed by atoms with Crippen molar-refractivity contribution in [2.45, 2.75) is 44.7 Å². The summed E-state index contributed by atoms with van der Waals surface area (Å²) in [5.41, 5.74) is 5.78. The molecule has 2 aliphatic rings. The van der Waals surface area contributed by atoms with Crippen LogP contribution in [0.2, 0.25) is 0 Å². The Morgan fingerprint density at radius 2 is 2.16 bits per heavy atom. The van der Waals surface area contributed by atoms with E-state index in [9.17, 15) is 9.18 Å². The number of hydrogen-bond acceptors (Lipinski definition) is 4. The van der Waals surface area contributed by atoms with E-state index in [1.807, 2.05) is 0 Å². The van der Waals surface area contributed by atoms with Crippen LogP contribution >= 0.6 is 0 Å². The minimum Gasteiger partial charge on any atom is -0.493 e. The average molecular weight is 349 g/mol. The minimum atomic E-state index is -0.420. The maximum atomic E-state index is 13.6. The highest BCUT2D eigenvalue weighted by atomic mass is 19.1. The number of amides is 1. The smallest absolute Gasteiger partial charge is 0.257 e.